The van der Waals surface area contributed by atoms with Gasteiger partial charge in [0.25, 0.3) is 0 Å². The van der Waals surface area contributed by atoms with E-state index >= 15 is 0 Å². The SMILES string of the molecule is COc1cc(OCCN2CCCCC2)cc(-c2cc(CO)ccc2F)c1. The maximum Gasteiger partial charge on any atom is 0.131 e. The lowest BCUT2D eigenvalue weighted by Crippen LogP contribution is -2.33. The van der Waals surface area contributed by atoms with E-state index in [4.69, 9.17) is 9.47 Å². The molecule has 26 heavy (non-hydrogen) atoms. The number of nitrogens with zero attached hydrogens (tertiary/aromatic N) is 1. The Bertz CT molecular complexity index is 729. The zero-order valence-electron chi connectivity index (χ0n) is 15.2. The number of halogens is 1. The van der Waals surface area contributed by atoms with Crippen LogP contribution in [0.5, 0.6) is 11.5 Å². The summed E-state index contributed by atoms with van der Waals surface area (Å²) in [5.41, 5.74) is 1.76. The third-order valence-corrected chi connectivity index (χ3v) is 4.77. The molecule has 0 atom stereocenters. The second-order valence-corrected chi connectivity index (χ2v) is 6.62. The molecule has 3 rings (SSSR count). The molecule has 0 bridgehead atoms. The number of hydrogen-bond donors (Lipinski definition) is 1. The van der Waals surface area contributed by atoms with Crippen molar-refractivity contribution >= 4 is 0 Å². The summed E-state index contributed by atoms with van der Waals surface area (Å²) in [6.07, 6.45) is 3.82. The first kappa shape index (κ1) is 18.7. The van der Waals surface area contributed by atoms with Gasteiger partial charge in [0.05, 0.1) is 13.7 Å². The van der Waals surface area contributed by atoms with E-state index in [0.717, 1.165) is 19.6 Å². The van der Waals surface area contributed by atoms with Crippen LogP contribution in [0.3, 0.4) is 0 Å². The molecule has 2 aromatic carbocycles. The molecule has 1 aliphatic rings. The van der Waals surface area contributed by atoms with Gasteiger partial charge in [-0.05, 0) is 61.3 Å². The van der Waals surface area contributed by atoms with Crippen LogP contribution in [0.15, 0.2) is 36.4 Å². The fraction of sp³-hybridized carbons (Fsp3) is 0.429. The quantitative estimate of drug-likeness (QED) is 0.815. The van der Waals surface area contributed by atoms with E-state index in [2.05, 4.69) is 4.90 Å². The number of hydrogen-bond acceptors (Lipinski definition) is 4. The van der Waals surface area contributed by atoms with Gasteiger partial charge in [-0.15, -0.1) is 0 Å². The third-order valence-electron chi connectivity index (χ3n) is 4.77. The van der Waals surface area contributed by atoms with Crippen LogP contribution in [-0.2, 0) is 6.61 Å². The van der Waals surface area contributed by atoms with Gasteiger partial charge < -0.3 is 14.6 Å². The predicted octanol–water partition coefficient (Wildman–Crippen LogP) is 3.86. The van der Waals surface area contributed by atoms with E-state index in [9.17, 15) is 9.50 Å². The van der Waals surface area contributed by atoms with Crippen LogP contribution in [0.2, 0.25) is 0 Å². The molecule has 140 valence electrons. The summed E-state index contributed by atoms with van der Waals surface area (Å²) < 4.78 is 25.5. The van der Waals surface area contributed by atoms with Crippen molar-refractivity contribution in [3.63, 3.8) is 0 Å². The Labute approximate surface area is 154 Å². The summed E-state index contributed by atoms with van der Waals surface area (Å²) in [5, 5.41) is 9.32. The van der Waals surface area contributed by atoms with Gasteiger partial charge in [0.15, 0.2) is 0 Å². The van der Waals surface area contributed by atoms with Gasteiger partial charge in [-0.2, -0.15) is 0 Å². The number of likely N-dealkylation sites (tertiary alicyclic amines) is 1. The number of aliphatic hydroxyl groups excluding tert-OH is 1. The zero-order valence-corrected chi connectivity index (χ0v) is 15.2. The van der Waals surface area contributed by atoms with Gasteiger partial charge >= 0.3 is 0 Å². The number of rotatable bonds is 7. The average Bonchev–Trinajstić information content (AvgIpc) is 2.69. The molecular weight excluding hydrogens is 333 g/mol. The van der Waals surface area contributed by atoms with Crippen LogP contribution in [0.25, 0.3) is 11.1 Å². The number of aliphatic hydroxyl groups is 1. The molecule has 0 radical (unpaired) electrons. The van der Waals surface area contributed by atoms with Gasteiger partial charge in [-0.25, -0.2) is 4.39 Å². The van der Waals surface area contributed by atoms with Crippen molar-refractivity contribution in [2.45, 2.75) is 25.9 Å². The molecule has 0 amide bonds. The van der Waals surface area contributed by atoms with E-state index < -0.39 is 0 Å². The number of methoxy groups -OCH3 is 1. The summed E-state index contributed by atoms with van der Waals surface area (Å²) in [7, 11) is 1.58. The van der Waals surface area contributed by atoms with Crippen molar-refractivity contribution in [2.75, 3.05) is 33.4 Å². The zero-order chi connectivity index (χ0) is 18.4. The van der Waals surface area contributed by atoms with E-state index in [1.165, 1.54) is 25.3 Å². The summed E-state index contributed by atoms with van der Waals surface area (Å²) in [5.74, 6) is 0.934. The first-order valence-electron chi connectivity index (χ1n) is 9.13. The van der Waals surface area contributed by atoms with Crippen LogP contribution >= 0.6 is 0 Å². The van der Waals surface area contributed by atoms with E-state index in [1.807, 2.05) is 12.1 Å². The van der Waals surface area contributed by atoms with Gasteiger partial charge in [0.2, 0.25) is 0 Å². The normalized spacial score (nSPS) is 15.0. The third kappa shape index (κ3) is 4.74. The van der Waals surface area contributed by atoms with Crippen molar-refractivity contribution in [1.29, 1.82) is 0 Å². The van der Waals surface area contributed by atoms with Gasteiger partial charge in [-0.1, -0.05) is 12.5 Å². The molecule has 0 spiro atoms. The minimum Gasteiger partial charge on any atom is -0.497 e. The van der Waals surface area contributed by atoms with Crippen LogP contribution in [0.1, 0.15) is 24.8 Å². The maximum absolute atomic E-state index is 14.3. The van der Waals surface area contributed by atoms with Crippen molar-refractivity contribution < 1.29 is 19.0 Å². The average molecular weight is 359 g/mol. The monoisotopic (exact) mass is 359 g/mol. The standard InChI is InChI=1S/C21H26FNO3/c1-25-18-12-17(20-11-16(15-24)5-6-21(20)22)13-19(14-18)26-10-9-23-7-3-2-4-8-23/h5-6,11-14,24H,2-4,7-10,15H2,1H3. The molecule has 1 heterocycles. The molecule has 4 nitrogen and oxygen atoms in total. The molecule has 5 heteroatoms. The summed E-state index contributed by atoms with van der Waals surface area (Å²) in [6, 6.07) is 10.0. The van der Waals surface area contributed by atoms with Crippen LogP contribution in [0.4, 0.5) is 4.39 Å². The first-order chi connectivity index (χ1) is 12.7. The van der Waals surface area contributed by atoms with E-state index in [1.54, 1.807) is 25.3 Å². The lowest BCUT2D eigenvalue weighted by Gasteiger charge is -2.26. The lowest BCUT2D eigenvalue weighted by molar-refractivity contribution is 0.183. The van der Waals surface area contributed by atoms with Gasteiger partial charge in [-0.3, -0.25) is 4.90 Å². The molecule has 1 aliphatic heterocycles. The molecule has 1 saturated heterocycles. The fourth-order valence-corrected chi connectivity index (χ4v) is 3.30. The predicted molar refractivity (Wildman–Crippen MR) is 100 cm³/mol. The fourth-order valence-electron chi connectivity index (χ4n) is 3.30. The first-order valence-corrected chi connectivity index (χ1v) is 9.13. The van der Waals surface area contributed by atoms with Gasteiger partial charge in [0.1, 0.15) is 23.9 Å². The molecule has 0 aromatic heterocycles. The smallest absolute Gasteiger partial charge is 0.131 e. The highest BCUT2D eigenvalue weighted by molar-refractivity contribution is 5.68. The second kappa shape index (κ2) is 9.01. The van der Waals surface area contributed by atoms with Crippen molar-refractivity contribution in [1.82, 2.24) is 4.90 Å². The lowest BCUT2D eigenvalue weighted by atomic mass is 10.0. The molecule has 1 N–H and O–H groups in total. The van der Waals surface area contributed by atoms with E-state index in [-0.39, 0.29) is 12.4 Å². The summed E-state index contributed by atoms with van der Waals surface area (Å²) >= 11 is 0. The van der Waals surface area contributed by atoms with Crippen LogP contribution in [-0.4, -0.2) is 43.4 Å². The minimum absolute atomic E-state index is 0.129. The summed E-state index contributed by atoms with van der Waals surface area (Å²) in [4.78, 5) is 2.41. The summed E-state index contributed by atoms with van der Waals surface area (Å²) in [6.45, 7) is 3.61. The van der Waals surface area contributed by atoms with Crippen molar-refractivity contribution in [3.8, 4) is 22.6 Å². The minimum atomic E-state index is -0.338. The highest BCUT2D eigenvalue weighted by atomic mass is 19.1. The molecule has 1 fully saturated rings. The Morgan fingerprint density at radius 1 is 1.04 bits per heavy atom. The Morgan fingerprint density at radius 2 is 1.81 bits per heavy atom. The molecule has 0 saturated carbocycles. The van der Waals surface area contributed by atoms with Crippen LogP contribution < -0.4 is 9.47 Å². The van der Waals surface area contributed by atoms with Gasteiger partial charge in [0, 0.05) is 18.2 Å². The largest absolute Gasteiger partial charge is 0.497 e. The van der Waals surface area contributed by atoms with Crippen molar-refractivity contribution in [3.05, 3.63) is 47.8 Å². The topological polar surface area (TPSA) is 41.9 Å². The highest BCUT2D eigenvalue weighted by Gasteiger charge is 2.12. The number of ether oxygens (including phenoxy) is 2. The van der Waals surface area contributed by atoms with Crippen LogP contribution in [0, 0.1) is 5.82 Å². The maximum atomic E-state index is 14.3. The molecular formula is C21H26FNO3. The van der Waals surface area contributed by atoms with E-state index in [0.29, 0.717) is 34.8 Å². The number of benzene rings is 2. The Hall–Kier alpha value is -2.11. The molecule has 2 aromatic rings. The highest BCUT2D eigenvalue weighted by Crippen LogP contribution is 2.32. The second-order valence-electron chi connectivity index (χ2n) is 6.62. The molecule has 0 aliphatic carbocycles. The molecule has 0 unspecified atom stereocenters. The Kier molecular flexibility index (Phi) is 6.47. The number of piperidine rings is 1. The van der Waals surface area contributed by atoms with Crippen molar-refractivity contribution in [2.24, 2.45) is 0 Å². The Morgan fingerprint density at radius 3 is 2.54 bits per heavy atom. The Balaban J connectivity index is 1.76.